The van der Waals surface area contributed by atoms with Crippen LogP contribution >= 0.6 is 0 Å². The van der Waals surface area contributed by atoms with Gasteiger partial charge in [0.25, 0.3) is 5.91 Å². The Hall–Kier alpha value is -2.46. The summed E-state index contributed by atoms with van der Waals surface area (Å²) < 4.78 is 35.9. The summed E-state index contributed by atoms with van der Waals surface area (Å²) in [6.07, 6.45) is 0. The van der Waals surface area contributed by atoms with Crippen LogP contribution in [0.15, 0.2) is 29.2 Å². The summed E-state index contributed by atoms with van der Waals surface area (Å²) in [4.78, 5) is 35.3. The van der Waals surface area contributed by atoms with E-state index in [0.29, 0.717) is 13.1 Å². The minimum atomic E-state index is -3.61. The number of hydrogen-bond donors (Lipinski definition) is 1. The molecule has 0 bridgehead atoms. The molecule has 1 aromatic rings. The van der Waals surface area contributed by atoms with Crippen LogP contribution in [0.4, 0.5) is 0 Å². The van der Waals surface area contributed by atoms with E-state index in [-0.39, 0.29) is 10.5 Å². The van der Waals surface area contributed by atoms with Gasteiger partial charge in [-0.2, -0.15) is 4.31 Å². The Balaban J connectivity index is 2.59. The van der Waals surface area contributed by atoms with Gasteiger partial charge < -0.3 is 14.8 Å². The first kappa shape index (κ1) is 24.6. The number of esters is 2. The molecule has 9 nitrogen and oxygen atoms in total. The lowest BCUT2D eigenvalue weighted by Crippen LogP contribution is -2.33. The Kier molecular flexibility index (Phi) is 8.78. The minimum Gasteiger partial charge on any atom is -0.457 e. The molecule has 1 rings (SSSR count). The molecule has 0 spiro atoms. The first-order chi connectivity index (χ1) is 13.4. The topological polar surface area (TPSA) is 119 Å². The summed E-state index contributed by atoms with van der Waals surface area (Å²) in [6.45, 7) is 8.22. The molecule has 0 aliphatic rings. The zero-order chi connectivity index (χ0) is 22.2. The van der Waals surface area contributed by atoms with Gasteiger partial charge in [0, 0.05) is 18.7 Å². The highest BCUT2D eigenvalue weighted by atomic mass is 32.2. The van der Waals surface area contributed by atoms with E-state index in [0.717, 1.165) is 0 Å². The van der Waals surface area contributed by atoms with Crippen LogP contribution in [-0.2, 0) is 29.1 Å². The van der Waals surface area contributed by atoms with Crippen LogP contribution in [0.2, 0.25) is 0 Å². The van der Waals surface area contributed by atoms with Gasteiger partial charge in [0.15, 0.2) is 6.61 Å². The van der Waals surface area contributed by atoms with Crippen molar-refractivity contribution >= 4 is 27.9 Å². The van der Waals surface area contributed by atoms with Crippen molar-refractivity contribution in [1.82, 2.24) is 9.62 Å². The third kappa shape index (κ3) is 7.82. The van der Waals surface area contributed by atoms with Gasteiger partial charge in [-0.3, -0.25) is 9.59 Å². The van der Waals surface area contributed by atoms with E-state index in [2.05, 4.69) is 5.32 Å². The smallest absolute Gasteiger partial charge is 0.344 e. The third-order valence-electron chi connectivity index (χ3n) is 3.62. The molecule has 0 heterocycles. The number of sulfonamides is 1. The fourth-order valence-corrected chi connectivity index (χ4v) is 3.76. The molecule has 0 saturated carbocycles. The van der Waals surface area contributed by atoms with Crippen molar-refractivity contribution in [1.29, 1.82) is 0 Å². The molecule has 0 aliphatic heterocycles. The Morgan fingerprint density at radius 2 is 1.55 bits per heavy atom. The Morgan fingerprint density at radius 1 is 1.00 bits per heavy atom. The molecule has 0 aliphatic carbocycles. The summed E-state index contributed by atoms with van der Waals surface area (Å²) in [7, 11) is -3.61. The molecule has 29 heavy (non-hydrogen) atoms. The average molecular weight is 429 g/mol. The highest BCUT2D eigenvalue weighted by Gasteiger charge is 2.22. The first-order valence-electron chi connectivity index (χ1n) is 9.16. The number of benzene rings is 1. The molecule has 1 aromatic carbocycles. The van der Waals surface area contributed by atoms with E-state index in [1.54, 1.807) is 34.6 Å². The van der Waals surface area contributed by atoms with Crippen molar-refractivity contribution in [2.24, 2.45) is 0 Å². The highest BCUT2D eigenvalue weighted by molar-refractivity contribution is 7.89. The van der Waals surface area contributed by atoms with Gasteiger partial charge >= 0.3 is 11.9 Å². The molecular formula is C19H28N2O7S. The van der Waals surface area contributed by atoms with Gasteiger partial charge in [0.1, 0.15) is 12.1 Å². The summed E-state index contributed by atoms with van der Waals surface area (Å²) in [5, 5.41) is 2.35. The van der Waals surface area contributed by atoms with Crippen molar-refractivity contribution in [3.05, 3.63) is 29.8 Å². The van der Waals surface area contributed by atoms with Crippen LogP contribution in [0, 0.1) is 0 Å². The van der Waals surface area contributed by atoms with E-state index in [1.165, 1.54) is 28.6 Å². The molecule has 10 heteroatoms. The number of nitrogens with zero attached hydrogens (tertiary/aromatic N) is 1. The second-order valence-corrected chi connectivity index (χ2v) is 8.98. The maximum Gasteiger partial charge on any atom is 0.344 e. The molecule has 0 atom stereocenters. The van der Waals surface area contributed by atoms with E-state index in [1.807, 2.05) is 0 Å². The van der Waals surface area contributed by atoms with Crippen molar-refractivity contribution in [2.75, 3.05) is 26.2 Å². The van der Waals surface area contributed by atoms with Gasteiger partial charge in [-0.05, 0) is 45.0 Å². The maximum absolute atomic E-state index is 12.4. The minimum absolute atomic E-state index is 0.0783. The third-order valence-corrected chi connectivity index (χ3v) is 5.69. The molecule has 0 saturated heterocycles. The van der Waals surface area contributed by atoms with Gasteiger partial charge in [-0.1, -0.05) is 13.8 Å². The number of carbonyl (C=O) groups excluding carboxylic acids is 3. The fraction of sp³-hybridized carbons (Fsp3) is 0.526. The first-order valence-corrected chi connectivity index (χ1v) is 10.6. The molecule has 0 aromatic heterocycles. The lowest BCUT2D eigenvalue weighted by atomic mass is 10.2. The molecule has 1 amide bonds. The van der Waals surface area contributed by atoms with Crippen molar-refractivity contribution in [2.45, 2.75) is 45.1 Å². The lowest BCUT2D eigenvalue weighted by molar-refractivity contribution is -0.166. The van der Waals surface area contributed by atoms with Crippen LogP contribution < -0.4 is 5.32 Å². The SMILES string of the molecule is CCN(CC)S(=O)(=O)c1ccc(C(=O)NCC(=O)OCC(=O)OC(C)(C)C)cc1. The zero-order valence-corrected chi connectivity index (χ0v) is 18.2. The number of rotatable bonds is 9. The quantitative estimate of drug-likeness (QED) is 0.589. The van der Waals surface area contributed by atoms with Gasteiger partial charge in [-0.15, -0.1) is 0 Å². The van der Waals surface area contributed by atoms with Gasteiger partial charge in [0.2, 0.25) is 10.0 Å². The van der Waals surface area contributed by atoms with Crippen LogP contribution in [-0.4, -0.2) is 62.4 Å². The maximum atomic E-state index is 12.4. The number of carbonyl (C=O) groups is 3. The largest absolute Gasteiger partial charge is 0.457 e. The zero-order valence-electron chi connectivity index (χ0n) is 17.4. The Morgan fingerprint density at radius 3 is 2.03 bits per heavy atom. The van der Waals surface area contributed by atoms with Crippen LogP contribution in [0.25, 0.3) is 0 Å². The average Bonchev–Trinajstić information content (AvgIpc) is 2.64. The molecule has 0 fully saturated rings. The predicted octanol–water partition coefficient (Wildman–Crippen LogP) is 1.33. The second-order valence-electron chi connectivity index (χ2n) is 7.04. The van der Waals surface area contributed by atoms with Crippen molar-refractivity contribution in [3.8, 4) is 0 Å². The number of nitrogens with one attached hydrogen (secondary N) is 1. The summed E-state index contributed by atoms with van der Waals surface area (Å²) in [6, 6.07) is 5.39. The van der Waals surface area contributed by atoms with Gasteiger partial charge in [0.05, 0.1) is 4.90 Å². The molecule has 162 valence electrons. The molecule has 1 N–H and O–H groups in total. The highest BCUT2D eigenvalue weighted by Crippen LogP contribution is 2.16. The molecule has 0 unspecified atom stereocenters. The van der Waals surface area contributed by atoms with E-state index >= 15 is 0 Å². The molecule has 0 radical (unpaired) electrons. The normalized spacial score (nSPS) is 11.8. The van der Waals surface area contributed by atoms with Crippen LogP contribution in [0.5, 0.6) is 0 Å². The number of hydrogen-bond acceptors (Lipinski definition) is 7. The van der Waals surface area contributed by atoms with Crippen LogP contribution in [0.3, 0.4) is 0 Å². The fourth-order valence-electron chi connectivity index (χ4n) is 2.31. The predicted molar refractivity (Wildman–Crippen MR) is 106 cm³/mol. The second kappa shape index (κ2) is 10.4. The van der Waals surface area contributed by atoms with Crippen molar-refractivity contribution in [3.63, 3.8) is 0 Å². The van der Waals surface area contributed by atoms with E-state index in [9.17, 15) is 22.8 Å². The Bertz CT molecular complexity index is 823. The van der Waals surface area contributed by atoms with E-state index in [4.69, 9.17) is 9.47 Å². The lowest BCUT2D eigenvalue weighted by Gasteiger charge is -2.19. The Labute approximate surface area is 171 Å². The summed E-state index contributed by atoms with van der Waals surface area (Å²) >= 11 is 0. The number of ether oxygens (including phenoxy) is 2. The molecular weight excluding hydrogens is 400 g/mol. The monoisotopic (exact) mass is 428 g/mol. The van der Waals surface area contributed by atoms with E-state index < -0.39 is 46.6 Å². The summed E-state index contributed by atoms with van der Waals surface area (Å²) in [5.74, 6) is -2.07. The summed E-state index contributed by atoms with van der Waals surface area (Å²) in [5.41, 5.74) is -0.508. The standard InChI is InChI=1S/C19H28N2O7S/c1-6-21(7-2)29(25,26)15-10-8-14(9-11-15)18(24)20-12-16(22)27-13-17(23)28-19(3,4)5/h8-11H,6-7,12-13H2,1-5H3,(H,20,24). The van der Waals surface area contributed by atoms with Gasteiger partial charge in [-0.25, -0.2) is 13.2 Å². The number of amides is 1. The van der Waals surface area contributed by atoms with Crippen LogP contribution in [0.1, 0.15) is 45.0 Å². The van der Waals surface area contributed by atoms with Crippen molar-refractivity contribution < 1.29 is 32.3 Å².